The quantitative estimate of drug-likeness (QED) is 0.772. The third-order valence-electron chi connectivity index (χ3n) is 3.12. The Morgan fingerprint density at radius 1 is 1.12 bits per heavy atom. The number of nitrogens with two attached hydrogens (primary N) is 1. The second-order valence-electron chi connectivity index (χ2n) is 4.39. The summed E-state index contributed by atoms with van der Waals surface area (Å²) in [7, 11) is 0. The Morgan fingerprint density at radius 2 is 1.88 bits per heavy atom. The molecule has 2 rings (SSSR count). The van der Waals surface area contributed by atoms with Crippen LogP contribution in [0.3, 0.4) is 0 Å². The molecule has 2 aromatic rings. The van der Waals surface area contributed by atoms with E-state index in [-0.39, 0.29) is 0 Å². The van der Waals surface area contributed by atoms with Crippen molar-refractivity contribution in [1.82, 2.24) is 5.32 Å². The van der Waals surface area contributed by atoms with Gasteiger partial charge in [0.15, 0.2) is 0 Å². The lowest BCUT2D eigenvalue weighted by Gasteiger charge is -2.16. The van der Waals surface area contributed by atoms with Crippen LogP contribution >= 0.6 is 0 Å². The lowest BCUT2D eigenvalue weighted by atomic mass is 10.00. The van der Waals surface area contributed by atoms with Crippen LogP contribution in [0.2, 0.25) is 0 Å². The van der Waals surface area contributed by atoms with Crippen molar-refractivity contribution in [2.24, 2.45) is 5.73 Å². The molecule has 0 radical (unpaired) electrons. The van der Waals surface area contributed by atoms with Crippen molar-refractivity contribution in [3.8, 4) is 0 Å². The van der Waals surface area contributed by atoms with Crippen molar-refractivity contribution in [3.05, 3.63) is 48.0 Å². The molecule has 0 aromatic heterocycles. The molecule has 0 bridgehead atoms. The minimum atomic E-state index is 0.368. The van der Waals surface area contributed by atoms with Gasteiger partial charge in [-0.3, -0.25) is 0 Å². The molecule has 0 saturated heterocycles. The maximum Gasteiger partial charge on any atom is 0.0297 e. The first-order valence-electron chi connectivity index (χ1n) is 6.24. The number of fused-ring (bicyclic) bond motifs is 1. The van der Waals surface area contributed by atoms with Crippen molar-refractivity contribution in [1.29, 1.82) is 0 Å². The molecule has 2 nitrogen and oxygen atoms in total. The molecule has 0 aliphatic rings. The van der Waals surface area contributed by atoms with Crippen molar-refractivity contribution < 1.29 is 0 Å². The molecule has 0 aliphatic carbocycles. The average molecular weight is 228 g/mol. The lowest BCUT2D eigenvalue weighted by Crippen LogP contribution is -2.22. The second kappa shape index (κ2) is 5.80. The van der Waals surface area contributed by atoms with Crippen LogP contribution in [0.4, 0.5) is 0 Å². The molecule has 0 aliphatic heterocycles. The zero-order chi connectivity index (χ0) is 12.1. The van der Waals surface area contributed by atoms with Crippen LogP contribution in [0, 0.1) is 0 Å². The topological polar surface area (TPSA) is 38.0 Å². The van der Waals surface area contributed by atoms with E-state index in [9.17, 15) is 0 Å². The van der Waals surface area contributed by atoms with E-state index in [1.807, 2.05) is 0 Å². The third kappa shape index (κ3) is 2.84. The largest absolute Gasteiger partial charge is 0.330 e. The van der Waals surface area contributed by atoms with Gasteiger partial charge in [-0.2, -0.15) is 0 Å². The van der Waals surface area contributed by atoms with E-state index in [0.717, 1.165) is 19.5 Å². The molecule has 3 N–H and O–H groups in total. The molecule has 2 heteroatoms. The van der Waals surface area contributed by atoms with Crippen molar-refractivity contribution in [2.45, 2.75) is 19.4 Å². The maximum atomic E-state index is 5.50. The van der Waals surface area contributed by atoms with E-state index in [0.29, 0.717) is 6.04 Å². The molecule has 2 aromatic carbocycles. The molecule has 0 unspecified atom stereocenters. The van der Waals surface area contributed by atoms with Crippen LogP contribution in [0.15, 0.2) is 42.5 Å². The molecule has 0 spiro atoms. The summed E-state index contributed by atoms with van der Waals surface area (Å²) < 4.78 is 0. The standard InChI is InChI=1S/C15H20N2/c1-12(17-11-5-10-16)14-9-4-7-13-6-2-3-8-15(13)14/h2-4,6-9,12,17H,5,10-11,16H2,1H3/t12-/m0/s1. The number of nitrogens with one attached hydrogen (secondary N) is 1. The monoisotopic (exact) mass is 228 g/mol. The van der Waals surface area contributed by atoms with Crippen molar-refractivity contribution in [3.63, 3.8) is 0 Å². The van der Waals surface area contributed by atoms with Crippen LogP contribution in [0.5, 0.6) is 0 Å². The minimum absolute atomic E-state index is 0.368. The molecule has 0 amide bonds. The van der Waals surface area contributed by atoms with E-state index in [4.69, 9.17) is 5.73 Å². The van der Waals surface area contributed by atoms with Crippen molar-refractivity contribution >= 4 is 10.8 Å². The van der Waals surface area contributed by atoms with E-state index in [2.05, 4.69) is 54.7 Å². The zero-order valence-corrected chi connectivity index (χ0v) is 10.3. The molecule has 1 atom stereocenters. The molecule has 0 saturated carbocycles. The van der Waals surface area contributed by atoms with Gasteiger partial charge in [0.05, 0.1) is 0 Å². The Hall–Kier alpha value is -1.38. The van der Waals surface area contributed by atoms with Gasteiger partial charge in [0.1, 0.15) is 0 Å². The summed E-state index contributed by atoms with van der Waals surface area (Å²) in [6.45, 7) is 3.93. The van der Waals surface area contributed by atoms with Crippen LogP contribution in [0.1, 0.15) is 24.9 Å². The Bertz CT molecular complexity index is 474. The summed E-state index contributed by atoms with van der Waals surface area (Å²) in [6.07, 6.45) is 1.02. The maximum absolute atomic E-state index is 5.50. The highest BCUT2D eigenvalue weighted by molar-refractivity contribution is 5.86. The van der Waals surface area contributed by atoms with Crippen LogP contribution in [0.25, 0.3) is 10.8 Å². The van der Waals surface area contributed by atoms with Crippen LogP contribution in [-0.4, -0.2) is 13.1 Å². The fourth-order valence-corrected chi connectivity index (χ4v) is 2.16. The van der Waals surface area contributed by atoms with E-state index < -0.39 is 0 Å². The van der Waals surface area contributed by atoms with Crippen LogP contribution in [-0.2, 0) is 0 Å². The van der Waals surface area contributed by atoms with Gasteiger partial charge in [0.25, 0.3) is 0 Å². The zero-order valence-electron chi connectivity index (χ0n) is 10.3. The Labute approximate surface area is 103 Å². The number of hydrogen-bond acceptors (Lipinski definition) is 2. The summed E-state index contributed by atoms with van der Waals surface area (Å²) in [6, 6.07) is 15.4. The molecular weight excluding hydrogens is 208 g/mol. The Balaban J connectivity index is 2.22. The van der Waals surface area contributed by atoms with Gasteiger partial charge < -0.3 is 11.1 Å². The van der Waals surface area contributed by atoms with Gasteiger partial charge in [-0.1, -0.05) is 42.5 Å². The van der Waals surface area contributed by atoms with Gasteiger partial charge >= 0.3 is 0 Å². The molecule has 90 valence electrons. The molecule has 0 fully saturated rings. The number of rotatable bonds is 5. The first-order chi connectivity index (χ1) is 8.33. The highest BCUT2D eigenvalue weighted by atomic mass is 14.9. The summed E-state index contributed by atoms with van der Waals surface area (Å²) >= 11 is 0. The number of hydrogen-bond donors (Lipinski definition) is 2. The van der Waals surface area contributed by atoms with Crippen molar-refractivity contribution in [2.75, 3.05) is 13.1 Å². The lowest BCUT2D eigenvalue weighted by molar-refractivity contribution is 0.564. The van der Waals surface area contributed by atoms with Gasteiger partial charge in [0.2, 0.25) is 0 Å². The average Bonchev–Trinajstić information content (AvgIpc) is 2.38. The highest BCUT2D eigenvalue weighted by Crippen LogP contribution is 2.23. The van der Waals surface area contributed by atoms with Gasteiger partial charge in [-0.15, -0.1) is 0 Å². The summed E-state index contributed by atoms with van der Waals surface area (Å²) in [5, 5.41) is 6.15. The minimum Gasteiger partial charge on any atom is -0.330 e. The predicted octanol–water partition coefficient (Wildman–Crippen LogP) is 2.84. The summed E-state index contributed by atoms with van der Waals surface area (Å²) in [5.74, 6) is 0. The predicted molar refractivity (Wildman–Crippen MR) is 74.0 cm³/mol. The van der Waals surface area contributed by atoms with E-state index in [1.165, 1.54) is 16.3 Å². The van der Waals surface area contributed by atoms with E-state index >= 15 is 0 Å². The van der Waals surface area contributed by atoms with Gasteiger partial charge in [0, 0.05) is 6.04 Å². The Morgan fingerprint density at radius 3 is 2.71 bits per heavy atom. The highest BCUT2D eigenvalue weighted by Gasteiger charge is 2.07. The smallest absolute Gasteiger partial charge is 0.0297 e. The normalized spacial score (nSPS) is 12.8. The second-order valence-corrected chi connectivity index (χ2v) is 4.39. The Kier molecular flexibility index (Phi) is 4.13. The fraction of sp³-hybridized carbons (Fsp3) is 0.333. The van der Waals surface area contributed by atoms with Crippen LogP contribution < -0.4 is 11.1 Å². The fourth-order valence-electron chi connectivity index (χ4n) is 2.16. The van der Waals surface area contributed by atoms with Gasteiger partial charge in [-0.25, -0.2) is 0 Å². The molecule has 17 heavy (non-hydrogen) atoms. The molecule has 0 heterocycles. The summed E-state index contributed by atoms with van der Waals surface area (Å²) in [4.78, 5) is 0. The first kappa shape index (κ1) is 12.1. The molecular formula is C15H20N2. The summed E-state index contributed by atoms with van der Waals surface area (Å²) in [5.41, 5.74) is 6.87. The van der Waals surface area contributed by atoms with E-state index in [1.54, 1.807) is 0 Å². The van der Waals surface area contributed by atoms with Gasteiger partial charge in [-0.05, 0) is 42.8 Å². The first-order valence-corrected chi connectivity index (χ1v) is 6.24. The third-order valence-corrected chi connectivity index (χ3v) is 3.12. The number of benzene rings is 2. The SMILES string of the molecule is C[C@H](NCCCN)c1cccc2ccccc12.